The first kappa shape index (κ1) is 29.2. The van der Waals surface area contributed by atoms with Crippen molar-refractivity contribution in [1.29, 1.82) is 0 Å². The number of para-hydroxylation sites is 1. The Bertz CT molecular complexity index is 1350. The number of hydrogen-bond donors (Lipinski definition) is 1. The summed E-state index contributed by atoms with van der Waals surface area (Å²) in [6, 6.07) is 21.3. The van der Waals surface area contributed by atoms with Gasteiger partial charge in [0.2, 0.25) is 11.8 Å². The van der Waals surface area contributed by atoms with Crippen molar-refractivity contribution < 1.29 is 18.0 Å². The number of hydrogen-bond acceptors (Lipinski definition) is 4. The minimum Gasteiger partial charge on any atom is -0.354 e. The number of aryl methyl sites for hydroxylation is 1. The molecular weight excluding hydrogens is 522 g/mol. The van der Waals surface area contributed by atoms with E-state index < -0.39 is 28.5 Å². The standard InChI is InChI=1S/C29H34ClN3O4S/c1-4-19-31-29(35)26(5-2)32(20-23-14-10-11-17-25(23)30)28(34)21-33(27-18-12-9-13-22(27)3)38(36,37)24-15-7-6-8-16-24/h6-18,26H,4-5,19-21H2,1-3H3,(H,31,35). The largest absolute Gasteiger partial charge is 0.354 e. The molecule has 0 radical (unpaired) electrons. The lowest BCUT2D eigenvalue weighted by Gasteiger charge is -2.33. The van der Waals surface area contributed by atoms with Crippen molar-refractivity contribution in [3.05, 3.63) is 95.0 Å². The molecule has 9 heteroatoms. The first-order chi connectivity index (χ1) is 18.2. The quantitative estimate of drug-likeness (QED) is 0.334. The first-order valence-electron chi connectivity index (χ1n) is 12.6. The summed E-state index contributed by atoms with van der Waals surface area (Å²) in [6.45, 7) is 5.61. The fourth-order valence-electron chi connectivity index (χ4n) is 4.17. The summed E-state index contributed by atoms with van der Waals surface area (Å²) in [5.74, 6) is -0.797. The van der Waals surface area contributed by atoms with Crippen LogP contribution in [0.4, 0.5) is 5.69 Å². The fraction of sp³-hybridized carbons (Fsp3) is 0.310. The third-order valence-electron chi connectivity index (χ3n) is 6.23. The highest BCUT2D eigenvalue weighted by molar-refractivity contribution is 7.92. The second kappa shape index (κ2) is 13.4. The Morgan fingerprint density at radius 1 is 0.921 bits per heavy atom. The molecule has 2 amide bonds. The van der Waals surface area contributed by atoms with Gasteiger partial charge in [-0.3, -0.25) is 13.9 Å². The van der Waals surface area contributed by atoms with Crippen LogP contribution >= 0.6 is 11.6 Å². The number of nitrogens with zero attached hydrogens (tertiary/aromatic N) is 2. The zero-order chi connectivity index (χ0) is 27.7. The van der Waals surface area contributed by atoms with Crippen LogP contribution in [-0.4, -0.2) is 44.3 Å². The molecule has 0 spiro atoms. The number of anilines is 1. The molecule has 7 nitrogen and oxygen atoms in total. The van der Waals surface area contributed by atoms with E-state index in [-0.39, 0.29) is 17.3 Å². The van der Waals surface area contributed by atoms with Crippen molar-refractivity contribution >= 4 is 39.1 Å². The van der Waals surface area contributed by atoms with Gasteiger partial charge in [0.05, 0.1) is 10.6 Å². The summed E-state index contributed by atoms with van der Waals surface area (Å²) in [4.78, 5) is 28.6. The lowest BCUT2D eigenvalue weighted by molar-refractivity contribution is -0.140. The van der Waals surface area contributed by atoms with E-state index >= 15 is 0 Å². The van der Waals surface area contributed by atoms with Crippen molar-refractivity contribution in [2.75, 3.05) is 17.4 Å². The number of sulfonamides is 1. The van der Waals surface area contributed by atoms with Crippen LogP contribution in [0.1, 0.15) is 37.8 Å². The molecule has 0 bridgehead atoms. The molecule has 0 aliphatic rings. The average molecular weight is 556 g/mol. The molecule has 3 aromatic carbocycles. The van der Waals surface area contributed by atoms with Gasteiger partial charge in [0, 0.05) is 18.1 Å². The summed E-state index contributed by atoms with van der Waals surface area (Å²) in [6.07, 6.45) is 1.10. The molecule has 38 heavy (non-hydrogen) atoms. The second-order valence-corrected chi connectivity index (χ2v) is 11.2. The van der Waals surface area contributed by atoms with Crippen molar-refractivity contribution in [1.82, 2.24) is 10.2 Å². The van der Waals surface area contributed by atoms with E-state index in [9.17, 15) is 18.0 Å². The van der Waals surface area contributed by atoms with E-state index in [0.717, 1.165) is 10.7 Å². The van der Waals surface area contributed by atoms with E-state index in [2.05, 4.69) is 5.32 Å². The molecule has 1 unspecified atom stereocenters. The van der Waals surface area contributed by atoms with Crippen molar-refractivity contribution in [3.63, 3.8) is 0 Å². The molecule has 1 N–H and O–H groups in total. The van der Waals surface area contributed by atoms with Gasteiger partial charge in [-0.2, -0.15) is 0 Å². The monoisotopic (exact) mass is 555 g/mol. The van der Waals surface area contributed by atoms with E-state index in [4.69, 9.17) is 11.6 Å². The van der Waals surface area contributed by atoms with Gasteiger partial charge in [0.15, 0.2) is 0 Å². The molecule has 0 fully saturated rings. The Hall–Kier alpha value is -3.36. The van der Waals surface area contributed by atoms with Crippen LogP contribution in [0.2, 0.25) is 5.02 Å². The third kappa shape index (κ3) is 6.94. The van der Waals surface area contributed by atoms with Gasteiger partial charge in [0.25, 0.3) is 10.0 Å². The fourth-order valence-corrected chi connectivity index (χ4v) is 5.87. The van der Waals surface area contributed by atoms with Crippen LogP contribution in [-0.2, 0) is 26.2 Å². The molecular formula is C29H34ClN3O4S. The minimum atomic E-state index is -4.09. The molecule has 1 atom stereocenters. The number of carbonyl (C=O) groups excluding carboxylic acids is 2. The molecule has 202 valence electrons. The summed E-state index contributed by atoms with van der Waals surface area (Å²) in [5.41, 5.74) is 1.76. The summed E-state index contributed by atoms with van der Waals surface area (Å²) < 4.78 is 28.8. The Balaban J connectivity index is 2.06. The van der Waals surface area contributed by atoms with Gasteiger partial charge in [0.1, 0.15) is 12.6 Å². The summed E-state index contributed by atoms with van der Waals surface area (Å²) in [7, 11) is -4.09. The first-order valence-corrected chi connectivity index (χ1v) is 14.5. The van der Waals surface area contributed by atoms with Gasteiger partial charge in [-0.25, -0.2) is 8.42 Å². The van der Waals surface area contributed by atoms with Crippen molar-refractivity contribution in [2.45, 2.75) is 51.1 Å². The Morgan fingerprint density at radius 2 is 1.55 bits per heavy atom. The number of rotatable bonds is 12. The summed E-state index contributed by atoms with van der Waals surface area (Å²) in [5, 5.41) is 3.33. The predicted octanol–water partition coefficient (Wildman–Crippen LogP) is 5.18. The molecule has 0 heterocycles. The Morgan fingerprint density at radius 3 is 2.18 bits per heavy atom. The SMILES string of the molecule is CCCNC(=O)C(CC)N(Cc1ccccc1Cl)C(=O)CN(c1ccccc1C)S(=O)(=O)c1ccccc1. The van der Waals surface area contributed by atoms with Crippen LogP contribution in [0.3, 0.4) is 0 Å². The number of halogens is 1. The highest BCUT2D eigenvalue weighted by Gasteiger charge is 2.34. The number of carbonyl (C=O) groups is 2. The lowest BCUT2D eigenvalue weighted by atomic mass is 10.1. The molecule has 0 aromatic heterocycles. The molecule has 0 aliphatic carbocycles. The number of amides is 2. The van der Waals surface area contributed by atoms with Gasteiger partial charge in [-0.15, -0.1) is 0 Å². The topological polar surface area (TPSA) is 86.8 Å². The maximum absolute atomic E-state index is 14.0. The molecule has 0 aliphatic heterocycles. The zero-order valence-electron chi connectivity index (χ0n) is 21.9. The van der Waals surface area contributed by atoms with Crippen LogP contribution in [0, 0.1) is 6.92 Å². The van der Waals surface area contributed by atoms with Gasteiger partial charge < -0.3 is 10.2 Å². The second-order valence-electron chi connectivity index (χ2n) is 8.94. The number of benzene rings is 3. The van der Waals surface area contributed by atoms with Crippen molar-refractivity contribution in [2.24, 2.45) is 0 Å². The van der Waals surface area contributed by atoms with Gasteiger partial charge in [-0.05, 0) is 55.2 Å². The van der Waals surface area contributed by atoms with E-state index in [1.807, 2.05) is 26.0 Å². The smallest absolute Gasteiger partial charge is 0.264 e. The van der Waals surface area contributed by atoms with E-state index in [0.29, 0.717) is 34.8 Å². The maximum Gasteiger partial charge on any atom is 0.264 e. The summed E-state index contributed by atoms with van der Waals surface area (Å²) >= 11 is 6.41. The third-order valence-corrected chi connectivity index (χ3v) is 8.37. The van der Waals surface area contributed by atoms with Crippen molar-refractivity contribution in [3.8, 4) is 0 Å². The van der Waals surface area contributed by atoms with E-state index in [1.54, 1.807) is 61.5 Å². The average Bonchev–Trinajstić information content (AvgIpc) is 2.92. The number of nitrogens with one attached hydrogen (secondary N) is 1. The molecule has 0 saturated carbocycles. The van der Waals surface area contributed by atoms with Crippen LogP contribution in [0.5, 0.6) is 0 Å². The minimum absolute atomic E-state index is 0.0591. The highest BCUT2D eigenvalue weighted by atomic mass is 35.5. The Labute approximate surface area is 230 Å². The lowest BCUT2D eigenvalue weighted by Crippen LogP contribution is -2.52. The zero-order valence-corrected chi connectivity index (χ0v) is 23.5. The highest BCUT2D eigenvalue weighted by Crippen LogP contribution is 2.28. The molecule has 0 saturated heterocycles. The maximum atomic E-state index is 14.0. The van der Waals surface area contributed by atoms with Crippen LogP contribution in [0.25, 0.3) is 0 Å². The van der Waals surface area contributed by atoms with Crippen LogP contribution in [0.15, 0.2) is 83.8 Å². The predicted molar refractivity (Wildman–Crippen MR) is 152 cm³/mol. The molecule has 3 aromatic rings. The molecule has 3 rings (SSSR count). The van der Waals surface area contributed by atoms with Crippen LogP contribution < -0.4 is 9.62 Å². The van der Waals surface area contributed by atoms with E-state index in [1.165, 1.54) is 17.0 Å². The van der Waals surface area contributed by atoms with Gasteiger partial charge >= 0.3 is 0 Å². The van der Waals surface area contributed by atoms with Gasteiger partial charge in [-0.1, -0.05) is 80.0 Å². The normalized spacial score (nSPS) is 12.0. The Kier molecular flexibility index (Phi) is 10.3.